The van der Waals surface area contributed by atoms with Crippen LogP contribution in [0.2, 0.25) is 0 Å². The molecule has 1 spiro atoms. The predicted octanol–water partition coefficient (Wildman–Crippen LogP) is 2.31. The molecule has 3 aliphatic rings. The van der Waals surface area contributed by atoms with E-state index >= 15 is 0 Å². The van der Waals surface area contributed by atoms with Crippen LogP contribution in [-0.2, 0) is 17.7 Å². The first-order chi connectivity index (χ1) is 11.2. The fourth-order valence-corrected chi connectivity index (χ4v) is 4.07. The second kappa shape index (κ2) is 6.42. The van der Waals surface area contributed by atoms with E-state index in [2.05, 4.69) is 35.0 Å². The lowest BCUT2D eigenvalue weighted by molar-refractivity contribution is -0.00885. The molecule has 4 heteroatoms. The van der Waals surface area contributed by atoms with Gasteiger partial charge in [-0.1, -0.05) is 12.1 Å². The van der Waals surface area contributed by atoms with Gasteiger partial charge in [0.25, 0.3) is 0 Å². The minimum Gasteiger partial charge on any atom is -0.487 e. The molecular formula is C19H28N2O2. The fourth-order valence-electron chi connectivity index (χ4n) is 4.07. The molecule has 0 atom stereocenters. The number of morpholine rings is 1. The van der Waals surface area contributed by atoms with E-state index < -0.39 is 0 Å². The van der Waals surface area contributed by atoms with Crippen molar-refractivity contribution >= 4 is 0 Å². The smallest absolute Gasteiger partial charge is 0.123 e. The molecule has 0 aliphatic carbocycles. The Morgan fingerprint density at radius 1 is 1.04 bits per heavy atom. The summed E-state index contributed by atoms with van der Waals surface area (Å²) in [5.74, 6) is 1.13. The number of rotatable bonds is 2. The van der Waals surface area contributed by atoms with Crippen LogP contribution in [0.15, 0.2) is 18.2 Å². The van der Waals surface area contributed by atoms with Crippen LogP contribution in [0.25, 0.3) is 0 Å². The van der Waals surface area contributed by atoms with Gasteiger partial charge in [0.15, 0.2) is 0 Å². The highest BCUT2D eigenvalue weighted by Crippen LogP contribution is 2.39. The van der Waals surface area contributed by atoms with E-state index in [-0.39, 0.29) is 5.60 Å². The number of likely N-dealkylation sites (tertiary alicyclic amines) is 1. The van der Waals surface area contributed by atoms with Crippen LogP contribution in [0.3, 0.4) is 0 Å². The Labute approximate surface area is 139 Å². The van der Waals surface area contributed by atoms with E-state index in [9.17, 15) is 0 Å². The summed E-state index contributed by atoms with van der Waals surface area (Å²) in [4.78, 5) is 4.89. The van der Waals surface area contributed by atoms with Crippen molar-refractivity contribution in [3.8, 4) is 5.75 Å². The highest BCUT2D eigenvalue weighted by molar-refractivity contribution is 5.39. The second-order valence-corrected chi connectivity index (χ2v) is 7.42. The van der Waals surface area contributed by atoms with Crippen molar-refractivity contribution in [2.24, 2.45) is 0 Å². The SMILES string of the molecule is CN1CCC2(CCc3cc(CN4CCOCC4)ccc3O2)CC1. The molecule has 3 aliphatic heterocycles. The van der Waals surface area contributed by atoms with Crippen molar-refractivity contribution in [2.45, 2.75) is 37.8 Å². The Kier molecular flexibility index (Phi) is 4.31. The monoisotopic (exact) mass is 316 g/mol. The highest BCUT2D eigenvalue weighted by atomic mass is 16.5. The van der Waals surface area contributed by atoms with E-state index in [0.29, 0.717) is 0 Å². The third kappa shape index (κ3) is 3.39. The van der Waals surface area contributed by atoms with E-state index in [0.717, 1.165) is 58.1 Å². The molecule has 23 heavy (non-hydrogen) atoms. The lowest BCUT2D eigenvalue weighted by Gasteiger charge is -2.44. The lowest BCUT2D eigenvalue weighted by Crippen LogP contribution is -2.48. The number of hydrogen-bond acceptors (Lipinski definition) is 4. The summed E-state index contributed by atoms with van der Waals surface area (Å²) in [5, 5.41) is 0. The number of piperidine rings is 1. The van der Waals surface area contributed by atoms with Crippen LogP contribution in [0, 0.1) is 0 Å². The van der Waals surface area contributed by atoms with Gasteiger partial charge < -0.3 is 14.4 Å². The standard InChI is InChI=1S/C19H28N2O2/c1-20-8-6-19(7-9-20)5-4-17-14-16(2-3-18(17)23-19)15-21-10-12-22-13-11-21/h2-3,14H,4-13,15H2,1H3. The third-order valence-electron chi connectivity index (χ3n) is 5.71. The summed E-state index contributed by atoms with van der Waals surface area (Å²) in [5.41, 5.74) is 2.92. The maximum absolute atomic E-state index is 6.49. The first-order valence-electron chi connectivity index (χ1n) is 9.02. The number of aryl methyl sites for hydroxylation is 1. The molecule has 2 fully saturated rings. The van der Waals surface area contributed by atoms with Crippen molar-refractivity contribution in [1.82, 2.24) is 9.80 Å². The van der Waals surface area contributed by atoms with Gasteiger partial charge in [-0.15, -0.1) is 0 Å². The summed E-state index contributed by atoms with van der Waals surface area (Å²) in [6, 6.07) is 6.83. The minimum atomic E-state index is 0.102. The van der Waals surface area contributed by atoms with Gasteiger partial charge in [0.1, 0.15) is 11.4 Å². The van der Waals surface area contributed by atoms with Crippen LogP contribution in [0.5, 0.6) is 5.75 Å². The number of benzene rings is 1. The van der Waals surface area contributed by atoms with Gasteiger partial charge in [0, 0.05) is 32.7 Å². The van der Waals surface area contributed by atoms with E-state index in [1.54, 1.807) is 0 Å². The quantitative estimate of drug-likeness (QED) is 0.836. The largest absolute Gasteiger partial charge is 0.487 e. The molecule has 0 aromatic heterocycles. The summed E-state index contributed by atoms with van der Waals surface area (Å²) < 4.78 is 11.9. The van der Waals surface area contributed by atoms with Crippen LogP contribution < -0.4 is 4.74 Å². The summed E-state index contributed by atoms with van der Waals surface area (Å²) >= 11 is 0. The zero-order valence-electron chi connectivity index (χ0n) is 14.2. The number of hydrogen-bond donors (Lipinski definition) is 0. The van der Waals surface area contributed by atoms with Gasteiger partial charge in [-0.3, -0.25) is 4.90 Å². The average molecular weight is 316 g/mol. The molecule has 2 saturated heterocycles. The normalized spacial score (nSPS) is 25.1. The van der Waals surface area contributed by atoms with Crippen LogP contribution in [0.4, 0.5) is 0 Å². The highest BCUT2D eigenvalue weighted by Gasteiger charge is 2.38. The van der Waals surface area contributed by atoms with Gasteiger partial charge in [-0.25, -0.2) is 0 Å². The molecular weight excluding hydrogens is 288 g/mol. The Morgan fingerprint density at radius 3 is 2.61 bits per heavy atom. The molecule has 1 aromatic carbocycles. The lowest BCUT2D eigenvalue weighted by atomic mass is 9.83. The molecule has 0 N–H and O–H groups in total. The zero-order chi connectivity index (χ0) is 15.7. The number of ether oxygens (including phenoxy) is 2. The molecule has 0 bridgehead atoms. The van der Waals surface area contributed by atoms with Gasteiger partial charge in [-0.2, -0.15) is 0 Å². The summed E-state index contributed by atoms with van der Waals surface area (Å²) in [7, 11) is 2.21. The van der Waals surface area contributed by atoms with Gasteiger partial charge in [0.05, 0.1) is 13.2 Å². The first-order valence-corrected chi connectivity index (χ1v) is 9.02. The third-order valence-corrected chi connectivity index (χ3v) is 5.71. The Balaban J connectivity index is 1.44. The molecule has 4 rings (SSSR count). The van der Waals surface area contributed by atoms with Gasteiger partial charge in [0.2, 0.25) is 0 Å². The predicted molar refractivity (Wildman–Crippen MR) is 90.9 cm³/mol. The van der Waals surface area contributed by atoms with Crippen molar-refractivity contribution in [2.75, 3.05) is 46.4 Å². The second-order valence-electron chi connectivity index (χ2n) is 7.42. The molecule has 0 saturated carbocycles. The molecule has 0 amide bonds. The minimum absolute atomic E-state index is 0.102. The Morgan fingerprint density at radius 2 is 1.83 bits per heavy atom. The topological polar surface area (TPSA) is 24.9 Å². The van der Waals surface area contributed by atoms with Crippen LogP contribution in [0.1, 0.15) is 30.4 Å². The Hall–Kier alpha value is -1.10. The van der Waals surface area contributed by atoms with E-state index in [1.807, 2.05) is 0 Å². The fraction of sp³-hybridized carbons (Fsp3) is 0.684. The zero-order valence-corrected chi connectivity index (χ0v) is 14.2. The van der Waals surface area contributed by atoms with Crippen LogP contribution in [-0.4, -0.2) is 61.8 Å². The number of nitrogens with zero attached hydrogens (tertiary/aromatic N) is 2. The molecule has 126 valence electrons. The molecule has 0 radical (unpaired) electrons. The molecule has 0 unspecified atom stereocenters. The maximum Gasteiger partial charge on any atom is 0.123 e. The summed E-state index contributed by atoms with van der Waals surface area (Å²) in [6.07, 6.45) is 4.67. The Bertz CT molecular complexity index is 546. The van der Waals surface area contributed by atoms with Crippen molar-refractivity contribution in [3.05, 3.63) is 29.3 Å². The van der Waals surface area contributed by atoms with Crippen molar-refractivity contribution in [3.63, 3.8) is 0 Å². The summed E-state index contributed by atoms with van der Waals surface area (Å²) in [6.45, 7) is 7.17. The van der Waals surface area contributed by atoms with Crippen molar-refractivity contribution in [1.29, 1.82) is 0 Å². The van der Waals surface area contributed by atoms with Crippen molar-refractivity contribution < 1.29 is 9.47 Å². The van der Waals surface area contributed by atoms with E-state index in [4.69, 9.17) is 9.47 Å². The van der Waals surface area contributed by atoms with Gasteiger partial charge >= 0.3 is 0 Å². The molecule has 4 nitrogen and oxygen atoms in total. The van der Waals surface area contributed by atoms with Gasteiger partial charge in [-0.05, 0) is 49.9 Å². The first kappa shape index (κ1) is 15.4. The molecule has 3 heterocycles. The molecule has 1 aromatic rings. The van der Waals surface area contributed by atoms with E-state index in [1.165, 1.54) is 30.4 Å². The van der Waals surface area contributed by atoms with Crippen LogP contribution >= 0.6 is 0 Å². The average Bonchev–Trinajstić information content (AvgIpc) is 2.59. The maximum atomic E-state index is 6.49. The number of fused-ring (bicyclic) bond motifs is 1.